The minimum absolute atomic E-state index is 0.00993. The van der Waals surface area contributed by atoms with Crippen LogP contribution in [-0.2, 0) is 35.6 Å². The van der Waals surface area contributed by atoms with Crippen molar-refractivity contribution >= 4 is 11.9 Å². The third kappa shape index (κ3) is 14.5. The second-order valence-electron chi connectivity index (χ2n) is 16.0. The number of carboxylic acids is 2. The Morgan fingerprint density at radius 2 is 1.40 bits per heavy atom. The van der Waals surface area contributed by atoms with Gasteiger partial charge in [-0.3, -0.25) is 9.59 Å². The number of hydrogen-bond acceptors (Lipinski definition) is 8. The van der Waals surface area contributed by atoms with Gasteiger partial charge in [0.2, 0.25) is 4.91 Å². The van der Waals surface area contributed by atoms with Crippen LogP contribution in [0.4, 0.5) is 0 Å². The first-order valence-electron chi connectivity index (χ1n) is 19.7. The zero-order valence-corrected chi connectivity index (χ0v) is 33.6. The number of fused-ring (bicyclic) bond motifs is 1. The maximum atomic E-state index is 13.1. The van der Waals surface area contributed by atoms with Crippen LogP contribution in [0.3, 0.4) is 0 Å². The SMILES string of the molecule is Cc1c(C)c(C(CCOCCOCCOCCN=[N+]=N)(CC(=O)O)C(=O)O)c(C)c2c1OC(C)(CCC[C@H](C)CCC[C@H](C)CCCC(C)C)CC2. The monoisotopic (exact) mass is 733 g/mol. The molecule has 0 fully saturated rings. The van der Waals surface area contributed by atoms with E-state index in [0.717, 1.165) is 65.5 Å². The molecule has 1 aromatic rings. The fraction of sp³-hybridized carbons (Fsp3) is 0.805. The summed E-state index contributed by atoms with van der Waals surface area (Å²) in [5, 5.41) is 24.2. The summed E-state index contributed by atoms with van der Waals surface area (Å²) >= 11 is 0. The van der Waals surface area contributed by atoms with Crippen LogP contribution < -0.4 is 9.65 Å². The Morgan fingerprint density at radius 3 is 1.96 bits per heavy atom. The molecule has 2 rings (SSSR count). The second-order valence-corrected chi connectivity index (χ2v) is 16.0. The summed E-state index contributed by atoms with van der Waals surface area (Å²) in [6.45, 7) is 19.4. The van der Waals surface area contributed by atoms with Crippen molar-refractivity contribution in [2.24, 2.45) is 22.9 Å². The van der Waals surface area contributed by atoms with Gasteiger partial charge in [-0.05, 0) is 105 Å². The lowest BCUT2D eigenvalue weighted by Gasteiger charge is -2.40. The van der Waals surface area contributed by atoms with Crippen LogP contribution in [0.15, 0.2) is 5.11 Å². The van der Waals surface area contributed by atoms with Gasteiger partial charge in [0.15, 0.2) is 0 Å². The van der Waals surface area contributed by atoms with Crippen molar-refractivity contribution in [2.45, 2.75) is 150 Å². The van der Waals surface area contributed by atoms with Crippen LogP contribution in [0.5, 0.6) is 5.75 Å². The third-order valence-electron chi connectivity index (χ3n) is 11.1. The lowest BCUT2D eigenvalue weighted by Crippen LogP contribution is -2.42. The van der Waals surface area contributed by atoms with Crippen LogP contribution in [-0.4, -0.2) is 73.9 Å². The van der Waals surface area contributed by atoms with E-state index in [-0.39, 0.29) is 31.8 Å². The molecule has 11 nitrogen and oxygen atoms in total. The average Bonchev–Trinajstić information content (AvgIpc) is 3.07. The van der Waals surface area contributed by atoms with E-state index in [1.54, 1.807) is 0 Å². The minimum Gasteiger partial charge on any atom is -0.487 e. The van der Waals surface area contributed by atoms with E-state index in [9.17, 15) is 19.8 Å². The summed E-state index contributed by atoms with van der Waals surface area (Å²) in [7, 11) is 0. The molecule has 52 heavy (non-hydrogen) atoms. The van der Waals surface area contributed by atoms with Crippen molar-refractivity contribution in [3.63, 3.8) is 0 Å². The quantitative estimate of drug-likeness (QED) is 0.0437. The summed E-state index contributed by atoms with van der Waals surface area (Å²) in [5.74, 6) is 0.788. The van der Waals surface area contributed by atoms with Gasteiger partial charge < -0.3 is 29.2 Å². The topological polar surface area (TPSA) is 162 Å². The molecular formula is C41H70N3O8+. The van der Waals surface area contributed by atoms with Crippen LogP contribution in [0.25, 0.3) is 0 Å². The predicted octanol–water partition coefficient (Wildman–Crippen LogP) is 8.92. The molecule has 3 N–H and O–H groups in total. The average molecular weight is 733 g/mol. The molecule has 4 atom stereocenters. The molecule has 0 aromatic heterocycles. The highest BCUT2D eigenvalue weighted by Gasteiger charge is 2.46. The normalized spacial score (nSPS) is 17.9. The fourth-order valence-corrected chi connectivity index (χ4v) is 7.80. The Morgan fingerprint density at radius 1 is 0.846 bits per heavy atom. The molecule has 296 valence electrons. The first-order valence-corrected chi connectivity index (χ1v) is 19.7. The lowest BCUT2D eigenvalue weighted by molar-refractivity contribution is -0.151. The number of ether oxygens (including phenoxy) is 4. The maximum absolute atomic E-state index is 13.1. The number of nitrogens with zero attached hydrogens (tertiary/aromatic N) is 2. The molecule has 1 heterocycles. The molecule has 2 unspecified atom stereocenters. The molecule has 0 bridgehead atoms. The fourth-order valence-electron chi connectivity index (χ4n) is 7.80. The van der Waals surface area contributed by atoms with Crippen LogP contribution in [0.1, 0.15) is 139 Å². The van der Waals surface area contributed by atoms with Crippen molar-refractivity contribution in [3.05, 3.63) is 27.8 Å². The van der Waals surface area contributed by atoms with E-state index in [0.29, 0.717) is 37.8 Å². The third-order valence-corrected chi connectivity index (χ3v) is 11.1. The van der Waals surface area contributed by atoms with Crippen LogP contribution in [0.2, 0.25) is 0 Å². The molecule has 0 spiro atoms. The molecule has 0 saturated carbocycles. The van der Waals surface area contributed by atoms with E-state index < -0.39 is 23.8 Å². The zero-order valence-electron chi connectivity index (χ0n) is 33.6. The van der Waals surface area contributed by atoms with Gasteiger partial charge in [-0.25, -0.2) is 0 Å². The van der Waals surface area contributed by atoms with Crippen molar-refractivity contribution in [3.8, 4) is 5.75 Å². The van der Waals surface area contributed by atoms with Gasteiger partial charge in [0.05, 0.1) is 39.5 Å². The highest BCUT2D eigenvalue weighted by Crippen LogP contribution is 2.47. The molecule has 0 radical (unpaired) electrons. The minimum atomic E-state index is -1.66. The van der Waals surface area contributed by atoms with Gasteiger partial charge >= 0.3 is 11.9 Å². The molecule has 1 aromatic carbocycles. The number of carboxylic acid groups (broad SMARTS) is 2. The van der Waals surface area contributed by atoms with Gasteiger partial charge in [0, 0.05) is 6.61 Å². The molecule has 1 aliphatic rings. The highest BCUT2D eigenvalue weighted by atomic mass is 16.5. The summed E-state index contributed by atoms with van der Waals surface area (Å²) in [4.78, 5) is 28.2. The molecular weight excluding hydrogens is 662 g/mol. The Hall–Kier alpha value is -2.85. The van der Waals surface area contributed by atoms with Crippen LogP contribution >= 0.6 is 0 Å². The lowest BCUT2D eigenvalue weighted by atomic mass is 9.69. The van der Waals surface area contributed by atoms with E-state index in [1.807, 2.05) is 20.8 Å². The number of benzene rings is 1. The Labute approximate surface area is 313 Å². The molecule has 11 heteroatoms. The highest BCUT2D eigenvalue weighted by molar-refractivity contribution is 5.88. The van der Waals surface area contributed by atoms with E-state index in [4.69, 9.17) is 24.5 Å². The van der Waals surface area contributed by atoms with E-state index >= 15 is 0 Å². The number of carbonyl (C=O) groups is 2. The van der Waals surface area contributed by atoms with E-state index in [2.05, 4.69) is 44.6 Å². The largest absolute Gasteiger partial charge is 0.487 e. The van der Waals surface area contributed by atoms with Gasteiger partial charge in [-0.1, -0.05) is 72.6 Å². The van der Waals surface area contributed by atoms with Crippen molar-refractivity contribution in [1.82, 2.24) is 4.91 Å². The standard InChI is InChI=1S/C41H69N3O8/c1-29(2)12-9-13-30(3)14-10-15-31(4)16-11-18-40(8)19-17-35-34(7)37(32(5)33(6)38(35)52-40)41(39(47)48,28-36(45)46)20-22-49-24-26-51-27-25-50-23-21-43-44-42/h29-31,42H,9-28H2,1-8H3,(H-,45,46,47,48)/p+1/t30-,31-,40?,41?/m1/s1. The molecule has 0 amide bonds. The number of hydrogen-bond donors (Lipinski definition) is 3. The second kappa shape index (κ2) is 23.0. The molecule has 0 aliphatic carbocycles. The van der Waals surface area contributed by atoms with Gasteiger partial charge in [-0.2, -0.15) is 0 Å². The Bertz CT molecular complexity index is 1310. The van der Waals surface area contributed by atoms with E-state index in [1.165, 1.54) is 44.9 Å². The van der Waals surface area contributed by atoms with Crippen LogP contribution in [0, 0.1) is 44.1 Å². The van der Waals surface area contributed by atoms with Gasteiger partial charge in [0.25, 0.3) is 0 Å². The predicted molar refractivity (Wildman–Crippen MR) is 204 cm³/mol. The summed E-state index contributed by atoms with van der Waals surface area (Å²) in [5.41, 5.74) is 8.67. The number of aliphatic carboxylic acids is 2. The smallest absolute Gasteiger partial charge is 0.314 e. The van der Waals surface area contributed by atoms with Crippen molar-refractivity contribution < 1.29 is 38.7 Å². The summed E-state index contributed by atoms with van der Waals surface area (Å²) < 4.78 is 23.4. The summed E-state index contributed by atoms with van der Waals surface area (Å²) in [6, 6.07) is 0. The number of nitrogens with one attached hydrogen (secondary N) is 1. The van der Waals surface area contributed by atoms with Crippen molar-refractivity contribution in [1.29, 1.82) is 5.53 Å². The zero-order chi connectivity index (χ0) is 38.7. The first-order chi connectivity index (χ1) is 24.7. The molecule has 1 aliphatic heterocycles. The number of rotatable bonds is 28. The summed E-state index contributed by atoms with van der Waals surface area (Å²) in [6.07, 6.45) is 12.2. The first kappa shape index (κ1) is 45.3. The van der Waals surface area contributed by atoms with Gasteiger partial charge in [-0.15, -0.1) is 0 Å². The van der Waals surface area contributed by atoms with Crippen molar-refractivity contribution in [2.75, 3.05) is 46.2 Å². The molecule has 0 saturated heterocycles. The Kier molecular flexibility index (Phi) is 20.1. The Balaban J connectivity index is 2.03. The maximum Gasteiger partial charge on any atom is 0.314 e. The van der Waals surface area contributed by atoms with Gasteiger partial charge in [0.1, 0.15) is 34.0 Å².